The molecule has 88 valence electrons. The van der Waals surface area contributed by atoms with E-state index in [0.29, 0.717) is 12.0 Å². The van der Waals surface area contributed by atoms with E-state index in [1.54, 1.807) is 0 Å². The Morgan fingerprint density at radius 1 is 1.40 bits per heavy atom. The van der Waals surface area contributed by atoms with Crippen molar-refractivity contribution in [2.24, 2.45) is 17.1 Å². The molecule has 1 aliphatic carbocycles. The number of nitrogens with zero attached hydrogens (tertiary/aromatic N) is 1. The van der Waals surface area contributed by atoms with Crippen molar-refractivity contribution < 1.29 is 0 Å². The van der Waals surface area contributed by atoms with E-state index >= 15 is 0 Å². The summed E-state index contributed by atoms with van der Waals surface area (Å²) >= 11 is 0. The van der Waals surface area contributed by atoms with E-state index in [1.165, 1.54) is 51.7 Å². The Morgan fingerprint density at radius 3 is 2.67 bits per heavy atom. The molecule has 0 bridgehead atoms. The summed E-state index contributed by atoms with van der Waals surface area (Å²) in [5.74, 6) is 0.691. The van der Waals surface area contributed by atoms with Crippen LogP contribution in [-0.2, 0) is 0 Å². The maximum absolute atomic E-state index is 6.05. The standard InChI is InChI=1S/C13H26N2/c1-3-5-13(6-7-13)10-15-8-4-12(14)11(2)9-15/h11-12H,3-10,14H2,1-2H3. The predicted octanol–water partition coefficient (Wildman–Crippen LogP) is 2.24. The maximum Gasteiger partial charge on any atom is 0.00889 e. The van der Waals surface area contributed by atoms with Crippen molar-refractivity contribution in [3.05, 3.63) is 0 Å². The summed E-state index contributed by atoms with van der Waals surface area (Å²) in [6.45, 7) is 8.42. The third kappa shape index (κ3) is 2.73. The Morgan fingerprint density at radius 2 is 2.13 bits per heavy atom. The summed E-state index contributed by atoms with van der Waals surface area (Å²) in [7, 11) is 0. The van der Waals surface area contributed by atoms with Crippen LogP contribution in [0, 0.1) is 11.3 Å². The monoisotopic (exact) mass is 210 g/mol. The average molecular weight is 210 g/mol. The van der Waals surface area contributed by atoms with Crippen molar-refractivity contribution in [1.82, 2.24) is 4.90 Å². The van der Waals surface area contributed by atoms with Crippen molar-refractivity contribution in [1.29, 1.82) is 0 Å². The van der Waals surface area contributed by atoms with E-state index in [4.69, 9.17) is 5.73 Å². The van der Waals surface area contributed by atoms with Gasteiger partial charge in [-0.1, -0.05) is 20.3 Å². The largest absolute Gasteiger partial charge is 0.327 e. The van der Waals surface area contributed by atoms with E-state index in [-0.39, 0.29) is 0 Å². The number of hydrogen-bond donors (Lipinski definition) is 1. The van der Waals surface area contributed by atoms with Gasteiger partial charge in [0.1, 0.15) is 0 Å². The van der Waals surface area contributed by atoms with Crippen LogP contribution in [-0.4, -0.2) is 30.6 Å². The van der Waals surface area contributed by atoms with Gasteiger partial charge in [0.05, 0.1) is 0 Å². The van der Waals surface area contributed by atoms with Crippen molar-refractivity contribution in [2.75, 3.05) is 19.6 Å². The molecule has 2 atom stereocenters. The predicted molar refractivity (Wildman–Crippen MR) is 64.8 cm³/mol. The fourth-order valence-electron chi connectivity index (χ4n) is 3.06. The molecule has 2 heteroatoms. The quantitative estimate of drug-likeness (QED) is 0.771. The first-order chi connectivity index (χ1) is 7.15. The molecule has 2 rings (SSSR count). The van der Waals surface area contributed by atoms with Crippen molar-refractivity contribution in [3.63, 3.8) is 0 Å². The second-order valence-electron chi connectivity index (χ2n) is 5.91. The van der Waals surface area contributed by atoms with Gasteiger partial charge >= 0.3 is 0 Å². The normalized spacial score (nSPS) is 35.4. The Hall–Kier alpha value is -0.0800. The smallest absolute Gasteiger partial charge is 0.00889 e. The minimum atomic E-state index is 0.447. The van der Waals surface area contributed by atoms with E-state index in [9.17, 15) is 0 Å². The Labute approximate surface area is 94.2 Å². The van der Waals surface area contributed by atoms with Crippen LogP contribution in [0.2, 0.25) is 0 Å². The van der Waals surface area contributed by atoms with Gasteiger partial charge in [-0.3, -0.25) is 0 Å². The summed E-state index contributed by atoms with van der Waals surface area (Å²) in [6.07, 6.45) is 6.92. The summed E-state index contributed by atoms with van der Waals surface area (Å²) in [5.41, 5.74) is 6.77. The summed E-state index contributed by atoms with van der Waals surface area (Å²) in [4.78, 5) is 2.66. The topological polar surface area (TPSA) is 29.3 Å². The Bertz CT molecular complexity index is 211. The highest BCUT2D eigenvalue weighted by atomic mass is 15.2. The minimum Gasteiger partial charge on any atom is -0.327 e. The molecule has 1 heterocycles. The molecule has 0 amide bonds. The lowest BCUT2D eigenvalue weighted by molar-refractivity contribution is 0.133. The highest BCUT2D eigenvalue weighted by Crippen LogP contribution is 2.50. The van der Waals surface area contributed by atoms with Crippen LogP contribution in [0.4, 0.5) is 0 Å². The molecule has 0 aromatic heterocycles. The van der Waals surface area contributed by atoms with Gasteiger partial charge in [-0.25, -0.2) is 0 Å². The summed E-state index contributed by atoms with van der Waals surface area (Å²) < 4.78 is 0. The van der Waals surface area contributed by atoms with Crippen LogP contribution in [0.5, 0.6) is 0 Å². The fraction of sp³-hybridized carbons (Fsp3) is 1.00. The van der Waals surface area contributed by atoms with Gasteiger partial charge in [0.2, 0.25) is 0 Å². The number of rotatable bonds is 4. The molecule has 0 aromatic rings. The van der Waals surface area contributed by atoms with Gasteiger partial charge in [-0.15, -0.1) is 0 Å². The maximum atomic E-state index is 6.05. The fourth-order valence-corrected chi connectivity index (χ4v) is 3.06. The average Bonchev–Trinajstić information content (AvgIpc) is 2.92. The summed E-state index contributed by atoms with van der Waals surface area (Å²) in [5, 5.41) is 0. The van der Waals surface area contributed by atoms with E-state index in [1.807, 2.05) is 0 Å². The van der Waals surface area contributed by atoms with Crippen LogP contribution in [0.25, 0.3) is 0 Å². The number of hydrogen-bond acceptors (Lipinski definition) is 2. The molecule has 2 nitrogen and oxygen atoms in total. The first-order valence-electron chi connectivity index (χ1n) is 6.63. The number of likely N-dealkylation sites (tertiary alicyclic amines) is 1. The molecular formula is C13H26N2. The molecule has 0 spiro atoms. The highest BCUT2D eigenvalue weighted by molar-refractivity contribution is 4.96. The van der Waals surface area contributed by atoms with Gasteiger partial charge in [0, 0.05) is 19.1 Å². The molecule has 2 N–H and O–H groups in total. The first kappa shape index (κ1) is 11.4. The summed E-state index contributed by atoms with van der Waals surface area (Å²) in [6, 6.07) is 0.447. The minimum absolute atomic E-state index is 0.447. The second-order valence-corrected chi connectivity index (χ2v) is 5.91. The SMILES string of the molecule is CCCC1(CN2CCC(N)C(C)C2)CC1. The third-order valence-electron chi connectivity index (χ3n) is 4.35. The van der Waals surface area contributed by atoms with Crippen molar-refractivity contribution >= 4 is 0 Å². The van der Waals surface area contributed by atoms with E-state index in [2.05, 4.69) is 18.7 Å². The third-order valence-corrected chi connectivity index (χ3v) is 4.35. The molecule has 1 saturated carbocycles. The zero-order valence-corrected chi connectivity index (χ0v) is 10.3. The molecule has 2 fully saturated rings. The second kappa shape index (κ2) is 4.42. The van der Waals surface area contributed by atoms with E-state index < -0.39 is 0 Å². The van der Waals surface area contributed by atoms with Crippen molar-refractivity contribution in [3.8, 4) is 0 Å². The van der Waals surface area contributed by atoms with Gasteiger partial charge in [-0.2, -0.15) is 0 Å². The number of piperidine rings is 1. The zero-order chi connectivity index (χ0) is 10.9. The van der Waals surface area contributed by atoms with Gasteiger partial charge in [0.25, 0.3) is 0 Å². The van der Waals surface area contributed by atoms with Crippen LogP contribution in [0.3, 0.4) is 0 Å². The highest BCUT2D eigenvalue weighted by Gasteiger charge is 2.43. The lowest BCUT2D eigenvalue weighted by Gasteiger charge is -2.37. The lowest BCUT2D eigenvalue weighted by Crippen LogP contribution is -2.47. The van der Waals surface area contributed by atoms with Crippen LogP contribution < -0.4 is 5.73 Å². The van der Waals surface area contributed by atoms with Crippen LogP contribution >= 0.6 is 0 Å². The molecular weight excluding hydrogens is 184 g/mol. The molecule has 1 saturated heterocycles. The molecule has 1 aliphatic heterocycles. The van der Waals surface area contributed by atoms with Crippen molar-refractivity contribution in [2.45, 2.75) is 52.0 Å². The zero-order valence-electron chi connectivity index (χ0n) is 10.3. The van der Waals surface area contributed by atoms with Gasteiger partial charge in [0.15, 0.2) is 0 Å². The molecule has 2 unspecified atom stereocenters. The van der Waals surface area contributed by atoms with Gasteiger partial charge in [-0.05, 0) is 43.6 Å². The Kier molecular flexibility index (Phi) is 3.36. The first-order valence-corrected chi connectivity index (χ1v) is 6.63. The number of nitrogens with two attached hydrogens (primary N) is 1. The lowest BCUT2D eigenvalue weighted by atomic mass is 9.92. The Balaban J connectivity index is 1.80. The van der Waals surface area contributed by atoms with E-state index in [0.717, 1.165) is 5.41 Å². The molecule has 0 aromatic carbocycles. The van der Waals surface area contributed by atoms with Gasteiger partial charge < -0.3 is 10.6 Å². The molecule has 2 aliphatic rings. The van der Waals surface area contributed by atoms with Crippen LogP contribution in [0.1, 0.15) is 46.0 Å². The molecule has 15 heavy (non-hydrogen) atoms. The van der Waals surface area contributed by atoms with Crippen LogP contribution in [0.15, 0.2) is 0 Å². The molecule has 0 radical (unpaired) electrons.